The van der Waals surface area contributed by atoms with Crippen molar-refractivity contribution >= 4 is 6.29 Å². The summed E-state index contributed by atoms with van der Waals surface area (Å²) in [6.07, 6.45) is 3.00. The zero-order chi connectivity index (χ0) is 8.97. The van der Waals surface area contributed by atoms with Gasteiger partial charge in [0.05, 0.1) is 0 Å². The summed E-state index contributed by atoms with van der Waals surface area (Å²) in [6.45, 7) is 7.71. The summed E-state index contributed by atoms with van der Waals surface area (Å²) in [6, 6.07) is 0. The van der Waals surface area contributed by atoms with E-state index in [0.717, 1.165) is 25.8 Å². The third kappa shape index (κ3) is 2.94. The Bertz CT molecular complexity index is 145. The minimum Gasteiger partial charge on any atom is -0.303 e. The molecule has 1 fully saturated rings. The van der Waals surface area contributed by atoms with Crippen molar-refractivity contribution in [3.63, 3.8) is 0 Å². The molecule has 1 saturated heterocycles. The Kier molecular flexibility index (Phi) is 3.73. The zero-order valence-electron chi connectivity index (χ0n) is 8.05. The van der Waals surface area contributed by atoms with Gasteiger partial charge in [0.2, 0.25) is 0 Å². The Morgan fingerprint density at radius 3 is 2.92 bits per heavy atom. The van der Waals surface area contributed by atoms with E-state index in [2.05, 4.69) is 18.7 Å². The third-order valence-electron chi connectivity index (χ3n) is 2.34. The van der Waals surface area contributed by atoms with Crippen molar-refractivity contribution in [2.75, 3.05) is 19.6 Å². The minimum absolute atomic E-state index is 0.627. The highest BCUT2D eigenvalue weighted by Crippen LogP contribution is 2.19. The van der Waals surface area contributed by atoms with Gasteiger partial charge >= 0.3 is 0 Å². The van der Waals surface area contributed by atoms with Gasteiger partial charge in [-0.25, -0.2) is 0 Å². The van der Waals surface area contributed by atoms with Crippen LogP contribution in [-0.2, 0) is 4.79 Å². The number of hydrogen-bond acceptors (Lipinski definition) is 2. The lowest BCUT2D eigenvalue weighted by Crippen LogP contribution is -2.24. The maximum Gasteiger partial charge on any atom is 0.120 e. The van der Waals surface area contributed by atoms with Crippen LogP contribution in [0.2, 0.25) is 0 Å². The standard InChI is InChI=1S/C10H18NO/c1-9(2)7-11-5-3-10(8-11)4-6-12/h6,10H,3-5,7-8H2,1-2H3/t10-/m1/s1. The predicted molar refractivity (Wildman–Crippen MR) is 49.8 cm³/mol. The number of hydrogen-bond donors (Lipinski definition) is 0. The number of nitrogens with zero attached hydrogens (tertiary/aromatic N) is 1. The molecule has 0 aromatic heterocycles. The van der Waals surface area contributed by atoms with Crippen LogP contribution < -0.4 is 0 Å². The Balaban J connectivity index is 2.21. The molecule has 1 rings (SSSR count). The van der Waals surface area contributed by atoms with Gasteiger partial charge in [0.1, 0.15) is 6.29 Å². The summed E-state index contributed by atoms with van der Waals surface area (Å²) in [7, 11) is 0. The maximum atomic E-state index is 10.3. The van der Waals surface area contributed by atoms with E-state index in [-0.39, 0.29) is 0 Å². The van der Waals surface area contributed by atoms with Crippen LogP contribution in [0.5, 0.6) is 0 Å². The third-order valence-corrected chi connectivity index (χ3v) is 2.34. The highest BCUT2D eigenvalue weighted by atomic mass is 16.1. The van der Waals surface area contributed by atoms with Gasteiger partial charge in [-0.1, -0.05) is 13.8 Å². The molecule has 69 valence electrons. The number of likely N-dealkylation sites (tertiary alicyclic amines) is 1. The van der Waals surface area contributed by atoms with Gasteiger partial charge in [-0.05, 0) is 24.8 Å². The van der Waals surface area contributed by atoms with Crippen LogP contribution in [0, 0.1) is 11.8 Å². The Hall–Kier alpha value is -0.370. The predicted octanol–water partition coefficient (Wildman–Crippen LogP) is 1.51. The molecule has 0 N–H and O–H groups in total. The first kappa shape index (κ1) is 9.72. The highest BCUT2D eigenvalue weighted by molar-refractivity contribution is 5.49. The second-order valence-electron chi connectivity index (χ2n) is 4.00. The zero-order valence-corrected chi connectivity index (χ0v) is 8.05. The first-order valence-corrected chi connectivity index (χ1v) is 4.67. The molecule has 0 aliphatic carbocycles. The van der Waals surface area contributed by atoms with E-state index in [0.29, 0.717) is 5.92 Å². The number of carbonyl (C=O) groups is 1. The Morgan fingerprint density at radius 1 is 1.58 bits per heavy atom. The molecule has 0 bridgehead atoms. The quantitative estimate of drug-likeness (QED) is 0.593. The Labute approximate surface area is 74.9 Å². The summed E-state index contributed by atoms with van der Waals surface area (Å²) in [5.74, 6) is 2.09. The second-order valence-corrected chi connectivity index (χ2v) is 4.00. The molecule has 1 atom stereocenters. The van der Waals surface area contributed by atoms with Gasteiger partial charge in [-0.3, -0.25) is 0 Å². The van der Waals surface area contributed by atoms with Crippen LogP contribution in [-0.4, -0.2) is 30.8 Å². The van der Waals surface area contributed by atoms with E-state index < -0.39 is 0 Å². The normalized spacial score (nSPS) is 25.1. The lowest BCUT2D eigenvalue weighted by molar-refractivity contribution is -0.108. The lowest BCUT2D eigenvalue weighted by Gasteiger charge is -2.17. The molecule has 1 radical (unpaired) electrons. The molecular weight excluding hydrogens is 150 g/mol. The molecule has 0 spiro atoms. The van der Waals surface area contributed by atoms with Gasteiger partial charge in [0.25, 0.3) is 0 Å². The number of aldehydes is 1. The molecule has 1 heterocycles. The molecule has 0 amide bonds. The largest absolute Gasteiger partial charge is 0.303 e. The van der Waals surface area contributed by atoms with Crippen LogP contribution in [0.15, 0.2) is 0 Å². The van der Waals surface area contributed by atoms with Crippen molar-refractivity contribution in [1.82, 2.24) is 4.90 Å². The molecule has 0 aromatic carbocycles. The van der Waals surface area contributed by atoms with Crippen LogP contribution >= 0.6 is 0 Å². The van der Waals surface area contributed by atoms with Crippen LogP contribution in [0.25, 0.3) is 0 Å². The maximum absolute atomic E-state index is 10.3. The fourth-order valence-electron chi connectivity index (χ4n) is 1.83. The molecule has 1 aliphatic heterocycles. The topological polar surface area (TPSA) is 20.3 Å². The lowest BCUT2D eigenvalue weighted by atomic mass is 10.1. The molecule has 0 saturated carbocycles. The van der Waals surface area contributed by atoms with Crippen molar-refractivity contribution in [3.05, 3.63) is 5.92 Å². The molecule has 0 aromatic rings. The molecule has 12 heavy (non-hydrogen) atoms. The molecular formula is C10H18NO. The smallest absolute Gasteiger partial charge is 0.120 e. The van der Waals surface area contributed by atoms with Gasteiger partial charge in [0, 0.05) is 19.5 Å². The summed E-state index contributed by atoms with van der Waals surface area (Å²) in [5, 5.41) is 0. The Morgan fingerprint density at radius 2 is 2.33 bits per heavy atom. The number of rotatable bonds is 4. The molecule has 2 nitrogen and oxygen atoms in total. The van der Waals surface area contributed by atoms with E-state index in [1.807, 2.05) is 0 Å². The number of carbonyl (C=O) groups excluding carboxylic acids is 1. The van der Waals surface area contributed by atoms with E-state index in [4.69, 9.17) is 0 Å². The van der Waals surface area contributed by atoms with Gasteiger partial charge < -0.3 is 9.69 Å². The SMILES string of the molecule is C[C](C)CN1CC[C@H](CC=O)C1. The summed E-state index contributed by atoms with van der Waals surface area (Å²) >= 11 is 0. The van der Waals surface area contributed by atoms with Crippen molar-refractivity contribution in [2.24, 2.45) is 5.92 Å². The van der Waals surface area contributed by atoms with Crippen LogP contribution in [0.3, 0.4) is 0 Å². The first-order chi connectivity index (χ1) is 5.72. The summed E-state index contributed by atoms with van der Waals surface area (Å²) in [5.41, 5.74) is 0. The van der Waals surface area contributed by atoms with E-state index >= 15 is 0 Å². The van der Waals surface area contributed by atoms with Gasteiger partial charge in [0.15, 0.2) is 0 Å². The van der Waals surface area contributed by atoms with Crippen molar-refractivity contribution in [1.29, 1.82) is 0 Å². The second kappa shape index (κ2) is 4.61. The minimum atomic E-state index is 0.627. The average molecular weight is 168 g/mol. The first-order valence-electron chi connectivity index (χ1n) is 4.67. The van der Waals surface area contributed by atoms with E-state index in [9.17, 15) is 4.79 Å². The van der Waals surface area contributed by atoms with E-state index in [1.54, 1.807) is 0 Å². The van der Waals surface area contributed by atoms with Crippen LogP contribution in [0.1, 0.15) is 26.7 Å². The summed E-state index contributed by atoms with van der Waals surface area (Å²) < 4.78 is 0. The fraction of sp³-hybridized carbons (Fsp3) is 0.800. The van der Waals surface area contributed by atoms with E-state index in [1.165, 1.54) is 18.9 Å². The molecule has 1 aliphatic rings. The monoisotopic (exact) mass is 168 g/mol. The molecule has 0 unspecified atom stereocenters. The van der Waals surface area contributed by atoms with Gasteiger partial charge in [-0.2, -0.15) is 0 Å². The van der Waals surface area contributed by atoms with Crippen molar-refractivity contribution < 1.29 is 4.79 Å². The molecule has 2 heteroatoms. The summed E-state index contributed by atoms with van der Waals surface area (Å²) in [4.78, 5) is 12.7. The fourth-order valence-corrected chi connectivity index (χ4v) is 1.83. The average Bonchev–Trinajstić information content (AvgIpc) is 2.36. The van der Waals surface area contributed by atoms with Crippen molar-refractivity contribution in [2.45, 2.75) is 26.7 Å². The van der Waals surface area contributed by atoms with Crippen molar-refractivity contribution in [3.8, 4) is 0 Å². The van der Waals surface area contributed by atoms with Gasteiger partial charge in [-0.15, -0.1) is 0 Å². The highest BCUT2D eigenvalue weighted by Gasteiger charge is 2.21. The van der Waals surface area contributed by atoms with Crippen LogP contribution in [0.4, 0.5) is 0 Å².